The van der Waals surface area contributed by atoms with Gasteiger partial charge < -0.3 is 0 Å². The highest BCUT2D eigenvalue weighted by molar-refractivity contribution is 6.39. The van der Waals surface area contributed by atoms with Crippen molar-refractivity contribution >= 4 is 7.28 Å². The third-order valence-corrected chi connectivity index (χ3v) is 1.12. The van der Waals surface area contributed by atoms with Crippen LogP contribution in [0, 0.1) is 0 Å². The average Bonchev–Trinajstić information content (AvgIpc) is 1.59. The molecule has 0 atom stereocenters. The molecule has 0 heterocycles. The van der Waals surface area contributed by atoms with Crippen LogP contribution in [0.3, 0.4) is 0 Å². The SMILES string of the molecule is CCCBC(C)(C)F. The summed E-state index contributed by atoms with van der Waals surface area (Å²) in [6.07, 6.45) is 2.09. The maximum absolute atomic E-state index is 12.6. The molecule has 0 rings (SSSR count). The van der Waals surface area contributed by atoms with Crippen LogP contribution in [-0.2, 0) is 0 Å². The normalized spacial score (nSPS) is 11.5. The minimum absolute atomic E-state index is 0.698. The van der Waals surface area contributed by atoms with Gasteiger partial charge in [-0.2, -0.15) is 0 Å². The number of halogens is 1. The minimum atomic E-state index is -0.948. The summed E-state index contributed by atoms with van der Waals surface area (Å²) in [7, 11) is 0.698. The van der Waals surface area contributed by atoms with Crippen molar-refractivity contribution in [1.29, 1.82) is 0 Å². The monoisotopic (exact) mass is 116 g/mol. The third kappa shape index (κ3) is 5.99. The van der Waals surface area contributed by atoms with Crippen molar-refractivity contribution < 1.29 is 4.39 Å². The zero-order valence-electron chi connectivity index (χ0n) is 6.00. The van der Waals surface area contributed by atoms with Gasteiger partial charge in [0.25, 0.3) is 0 Å². The zero-order valence-corrected chi connectivity index (χ0v) is 6.00. The number of alkyl halides is 1. The molecule has 0 saturated heterocycles. The molecule has 0 aromatic heterocycles. The van der Waals surface area contributed by atoms with E-state index in [0.29, 0.717) is 7.28 Å². The van der Waals surface area contributed by atoms with Crippen LogP contribution in [0.5, 0.6) is 0 Å². The molecule has 8 heavy (non-hydrogen) atoms. The van der Waals surface area contributed by atoms with Crippen LogP contribution < -0.4 is 0 Å². The Kier molecular flexibility index (Phi) is 3.11. The topological polar surface area (TPSA) is 0 Å². The van der Waals surface area contributed by atoms with Gasteiger partial charge in [-0.1, -0.05) is 19.7 Å². The van der Waals surface area contributed by atoms with Crippen LogP contribution in [0.2, 0.25) is 6.32 Å². The van der Waals surface area contributed by atoms with Crippen molar-refractivity contribution in [3.63, 3.8) is 0 Å². The summed E-state index contributed by atoms with van der Waals surface area (Å²) in [6, 6.07) is 0. The van der Waals surface area contributed by atoms with E-state index in [9.17, 15) is 4.39 Å². The van der Waals surface area contributed by atoms with Crippen LogP contribution in [0.15, 0.2) is 0 Å². The molecule has 0 N–H and O–H groups in total. The third-order valence-electron chi connectivity index (χ3n) is 1.12. The van der Waals surface area contributed by atoms with E-state index in [-0.39, 0.29) is 0 Å². The van der Waals surface area contributed by atoms with Crippen LogP contribution in [0.4, 0.5) is 4.39 Å². The summed E-state index contributed by atoms with van der Waals surface area (Å²) in [4.78, 5) is 0. The summed E-state index contributed by atoms with van der Waals surface area (Å²) in [5.74, 6) is 0. The molecule has 0 spiro atoms. The first-order valence-electron chi connectivity index (χ1n) is 3.25. The maximum atomic E-state index is 12.6. The fourth-order valence-electron chi connectivity index (χ4n) is 0.597. The highest BCUT2D eigenvalue weighted by Crippen LogP contribution is 2.08. The van der Waals surface area contributed by atoms with E-state index in [4.69, 9.17) is 0 Å². The first kappa shape index (κ1) is 7.99. The smallest absolute Gasteiger partial charge is 0.167 e. The summed E-state index contributed by atoms with van der Waals surface area (Å²) < 4.78 is 12.6. The first-order valence-corrected chi connectivity index (χ1v) is 3.25. The Morgan fingerprint density at radius 1 is 1.50 bits per heavy atom. The fourth-order valence-corrected chi connectivity index (χ4v) is 0.597. The lowest BCUT2D eigenvalue weighted by Gasteiger charge is -2.09. The van der Waals surface area contributed by atoms with Gasteiger partial charge in [-0.15, -0.1) is 0 Å². The van der Waals surface area contributed by atoms with E-state index in [2.05, 4.69) is 6.92 Å². The van der Waals surface area contributed by atoms with Gasteiger partial charge in [-0.05, 0) is 13.8 Å². The Morgan fingerprint density at radius 3 is 2.12 bits per heavy atom. The van der Waals surface area contributed by atoms with Gasteiger partial charge >= 0.3 is 0 Å². The minimum Gasteiger partial charge on any atom is -0.254 e. The van der Waals surface area contributed by atoms with Crippen molar-refractivity contribution in [2.45, 2.75) is 39.1 Å². The fraction of sp³-hybridized carbons (Fsp3) is 1.00. The molecule has 0 aromatic rings. The molecule has 0 amide bonds. The molecular formula is C6H14BF. The number of hydrogen-bond donors (Lipinski definition) is 0. The van der Waals surface area contributed by atoms with Gasteiger partial charge in [0, 0.05) is 0 Å². The van der Waals surface area contributed by atoms with E-state index >= 15 is 0 Å². The van der Waals surface area contributed by atoms with Gasteiger partial charge in [0.15, 0.2) is 7.28 Å². The Bertz CT molecular complexity index is 56.0. The van der Waals surface area contributed by atoms with Crippen molar-refractivity contribution in [2.75, 3.05) is 0 Å². The first-order chi connectivity index (χ1) is 3.56. The van der Waals surface area contributed by atoms with E-state index in [1.807, 2.05) is 0 Å². The van der Waals surface area contributed by atoms with Gasteiger partial charge in [-0.25, -0.2) is 0 Å². The lowest BCUT2D eigenvalue weighted by molar-refractivity contribution is 0.328. The molecule has 2 heteroatoms. The van der Waals surface area contributed by atoms with Gasteiger partial charge in [0.2, 0.25) is 0 Å². The van der Waals surface area contributed by atoms with Crippen molar-refractivity contribution in [1.82, 2.24) is 0 Å². The molecule has 0 bridgehead atoms. The molecule has 48 valence electrons. The maximum Gasteiger partial charge on any atom is 0.167 e. The van der Waals surface area contributed by atoms with Crippen LogP contribution >= 0.6 is 0 Å². The van der Waals surface area contributed by atoms with E-state index in [1.165, 1.54) is 0 Å². The van der Waals surface area contributed by atoms with Crippen LogP contribution in [-0.4, -0.2) is 12.8 Å². The Morgan fingerprint density at radius 2 is 2.00 bits per heavy atom. The molecule has 0 radical (unpaired) electrons. The second kappa shape index (κ2) is 3.11. The molecule has 0 aromatic carbocycles. The Labute approximate surface area is 51.7 Å². The average molecular weight is 116 g/mol. The van der Waals surface area contributed by atoms with Crippen molar-refractivity contribution in [2.24, 2.45) is 0 Å². The van der Waals surface area contributed by atoms with Crippen molar-refractivity contribution in [3.05, 3.63) is 0 Å². The molecule has 0 saturated carbocycles. The van der Waals surface area contributed by atoms with Crippen molar-refractivity contribution in [3.8, 4) is 0 Å². The lowest BCUT2D eigenvalue weighted by Crippen LogP contribution is -2.20. The van der Waals surface area contributed by atoms with Gasteiger partial charge in [0.05, 0.1) is 5.57 Å². The zero-order chi connectivity index (χ0) is 6.62. The Balaban J connectivity index is 3.11. The highest BCUT2D eigenvalue weighted by Gasteiger charge is 2.14. The largest absolute Gasteiger partial charge is 0.254 e. The van der Waals surface area contributed by atoms with Crippen LogP contribution in [0.25, 0.3) is 0 Å². The number of hydrogen-bond acceptors (Lipinski definition) is 0. The summed E-state index contributed by atoms with van der Waals surface area (Å²) >= 11 is 0. The molecular weight excluding hydrogens is 102 g/mol. The molecule has 0 nitrogen and oxygen atoms in total. The molecule has 0 aliphatic carbocycles. The van der Waals surface area contributed by atoms with E-state index in [1.54, 1.807) is 13.8 Å². The van der Waals surface area contributed by atoms with E-state index in [0.717, 1.165) is 12.7 Å². The Hall–Kier alpha value is -0.00506. The molecule has 0 fully saturated rings. The van der Waals surface area contributed by atoms with Gasteiger partial charge in [0.1, 0.15) is 0 Å². The summed E-state index contributed by atoms with van der Waals surface area (Å²) in [5.41, 5.74) is -0.948. The molecule has 0 aliphatic rings. The molecule has 0 unspecified atom stereocenters. The standard InChI is InChI=1S/C6H14BF/c1-4-5-7-6(2,3)8/h7H,4-5H2,1-3H3. The number of rotatable bonds is 3. The predicted octanol–water partition coefficient (Wildman–Crippen LogP) is 1.96. The lowest BCUT2D eigenvalue weighted by atomic mass is 9.61. The summed E-state index contributed by atoms with van der Waals surface area (Å²) in [5, 5.41) is 0. The van der Waals surface area contributed by atoms with E-state index < -0.39 is 5.57 Å². The molecule has 0 aliphatic heterocycles. The predicted molar refractivity (Wildman–Crippen MR) is 37.4 cm³/mol. The highest BCUT2D eigenvalue weighted by atomic mass is 19.1. The van der Waals surface area contributed by atoms with Crippen LogP contribution in [0.1, 0.15) is 27.2 Å². The second-order valence-corrected chi connectivity index (χ2v) is 2.82. The second-order valence-electron chi connectivity index (χ2n) is 2.82. The van der Waals surface area contributed by atoms with Gasteiger partial charge in [-0.3, -0.25) is 4.39 Å². The summed E-state index contributed by atoms with van der Waals surface area (Å²) in [6.45, 7) is 5.33. The quantitative estimate of drug-likeness (QED) is 0.494.